The van der Waals surface area contributed by atoms with Crippen molar-refractivity contribution in [2.45, 2.75) is 58.4 Å². The second-order valence-corrected chi connectivity index (χ2v) is 5.41. The van der Waals surface area contributed by atoms with E-state index in [0.29, 0.717) is 6.04 Å². The van der Waals surface area contributed by atoms with Crippen LogP contribution in [0.1, 0.15) is 52.4 Å². The van der Waals surface area contributed by atoms with Gasteiger partial charge in [-0.2, -0.15) is 0 Å². The monoisotopic (exact) mass is 209 g/mol. The van der Waals surface area contributed by atoms with Gasteiger partial charge in [0.25, 0.3) is 0 Å². The van der Waals surface area contributed by atoms with Crippen LogP contribution in [0.4, 0.5) is 0 Å². The van der Waals surface area contributed by atoms with E-state index in [0.717, 1.165) is 11.8 Å². The van der Waals surface area contributed by atoms with Crippen LogP contribution in [0, 0.1) is 11.8 Å². The van der Waals surface area contributed by atoms with E-state index in [4.69, 9.17) is 0 Å². The van der Waals surface area contributed by atoms with E-state index in [1.54, 1.807) is 0 Å². The third kappa shape index (κ3) is 4.38. The van der Waals surface area contributed by atoms with Gasteiger partial charge in [-0.3, -0.25) is 0 Å². The zero-order chi connectivity index (χ0) is 11.3. The third-order valence-corrected chi connectivity index (χ3v) is 3.88. The Morgan fingerprint density at radius 3 is 2.40 bits per heavy atom. The first-order valence-corrected chi connectivity index (χ1v) is 6.45. The largest absolute Gasteiger partial charge is 0.317 e. The van der Waals surface area contributed by atoms with Crippen molar-refractivity contribution in [2.24, 2.45) is 11.8 Å². The van der Waals surface area contributed by atoms with Crippen LogP contribution < -0.4 is 5.32 Å². The molecule has 0 heterocycles. The maximum Gasteiger partial charge on any atom is 0.00953 e. The van der Waals surface area contributed by atoms with E-state index in [1.807, 2.05) is 0 Å². The molecule has 1 heteroatoms. The number of nitrogens with one attached hydrogen (secondary N) is 1. The fourth-order valence-corrected chi connectivity index (χ4v) is 2.71. The van der Waals surface area contributed by atoms with Crippen LogP contribution >= 0.6 is 0 Å². The van der Waals surface area contributed by atoms with Gasteiger partial charge in [0, 0.05) is 6.04 Å². The molecule has 1 aliphatic carbocycles. The molecule has 1 N–H and O–H groups in total. The highest BCUT2D eigenvalue weighted by molar-refractivity contribution is 4.91. The van der Waals surface area contributed by atoms with Gasteiger partial charge < -0.3 is 5.32 Å². The van der Waals surface area contributed by atoms with Crippen molar-refractivity contribution in [3.05, 3.63) is 12.2 Å². The molecule has 1 unspecified atom stereocenters. The summed E-state index contributed by atoms with van der Waals surface area (Å²) < 4.78 is 0. The van der Waals surface area contributed by atoms with Gasteiger partial charge in [-0.15, -0.1) is 6.58 Å². The summed E-state index contributed by atoms with van der Waals surface area (Å²) in [6.45, 7) is 8.51. The zero-order valence-corrected chi connectivity index (χ0v) is 10.7. The third-order valence-electron chi connectivity index (χ3n) is 3.88. The average molecular weight is 209 g/mol. The lowest BCUT2D eigenvalue weighted by Crippen LogP contribution is -2.35. The highest BCUT2D eigenvalue weighted by atomic mass is 14.9. The highest BCUT2D eigenvalue weighted by Crippen LogP contribution is 2.31. The van der Waals surface area contributed by atoms with Gasteiger partial charge in [0.15, 0.2) is 0 Å². The van der Waals surface area contributed by atoms with Crippen LogP contribution in [0.25, 0.3) is 0 Å². The fourth-order valence-electron chi connectivity index (χ4n) is 2.71. The Labute approximate surface area is 95.3 Å². The van der Waals surface area contributed by atoms with Crippen molar-refractivity contribution >= 4 is 0 Å². The summed E-state index contributed by atoms with van der Waals surface area (Å²) in [6, 6.07) is 0.717. The second kappa shape index (κ2) is 6.32. The maximum absolute atomic E-state index is 3.99. The molecule has 0 bridgehead atoms. The number of hydrogen-bond donors (Lipinski definition) is 1. The van der Waals surface area contributed by atoms with Crippen molar-refractivity contribution < 1.29 is 0 Å². The van der Waals surface area contributed by atoms with Crippen LogP contribution in [0.3, 0.4) is 0 Å². The maximum atomic E-state index is 3.99. The Balaban J connectivity index is 2.34. The van der Waals surface area contributed by atoms with E-state index in [1.165, 1.54) is 44.1 Å². The molecule has 1 atom stereocenters. The SMILES string of the molecule is C=C(C)CCC(NC)C1CCC(C)CC1. The zero-order valence-electron chi connectivity index (χ0n) is 10.7. The lowest BCUT2D eigenvalue weighted by atomic mass is 9.78. The molecule has 0 radical (unpaired) electrons. The molecule has 88 valence electrons. The number of rotatable bonds is 5. The van der Waals surface area contributed by atoms with Gasteiger partial charge in [0.05, 0.1) is 0 Å². The summed E-state index contributed by atoms with van der Waals surface area (Å²) >= 11 is 0. The summed E-state index contributed by atoms with van der Waals surface area (Å²) in [7, 11) is 2.11. The smallest absolute Gasteiger partial charge is 0.00953 e. The van der Waals surface area contributed by atoms with E-state index in [-0.39, 0.29) is 0 Å². The van der Waals surface area contributed by atoms with Crippen LogP contribution in [0.2, 0.25) is 0 Å². The summed E-state index contributed by atoms with van der Waals surface area (Å²) in [5, 5.41) is 3.50. The fraction of sp³-hybridized carbons (Fsp3) is 0.857. The summed E-state index contributed by atoms with van der Waals surface area (Å²) in [5.41, 5.74) is 1.32. The Morgan fingerprint density at radius 2 is 1.93 bits per heavy atom. The Hall–Kier alpha value is -0.300. The minimum atomic E-state index is 0.717. The highest BCUT2D eigenvalue weighted by Gasteiger charge is 2.24. The quantitative estimate of drug-likeness (QED) is 0.680. The first-order valence-electron chi connectivity index (χ1n) is 6.45. The van der Waals surface area contributed by atoms with Crippen molar-refractivity contribution in [2.75, 3.05) is 7.05 Å². The number of hydrogen-bond acceptors (Lipinski definition) is 1. The molecule has 0 aromatic rings. The molecule has 1 nitrogen and oxygen atoms in total. The van der Waals surface area contributed by atoms with E-state index < -0.39 is 0 Å². The summed E-state index contributed by atoms with van der Waals surface area (Å²) in [4.78, 5) is 0. The molecule has 1 rings (SSSR count). The van der Waals surface area contributed by atoms with E-state index in [2.05, 4.69) is 32.8 Å². The predicted octanol–water partition coefficient (Wildman–Crippen LogP) is 3.76. The molecule has 1 saturated carbocycles. The Morgan fingerprint density at radius 1 is 1.33 bits per heavy atom. The molecule has 1 aliphatic rings. The molecule has 0 saturated heterocycles. The molecule has 15 heavy (non-hydrogen) atoms. The van der Waals surface area contributed by atoms with Crippen molar-refractivity contribution in [3.63, 3.8) is 0 Å². The summed E-state index contributed by atoms with van der Waals surface area (Å²) in [6.07, 6.45) is 8.14. The van der Waals surface area contributed by atoms with Gasteiger partial charge in [0.2, 0.25) is 0 Å². The molecule has 0 aromatic carbocycles. The van der Waals surface area contributed by atoms with E-state index in [9.17, 15) is 0 Å². The molecule has 0 aromatic heterocycles. The predicted molar refractivity (Wildman–Crippen MR) is 68.0 cm³/mol. The Bertz CT molecular complexity index is 190. The van der Waals surface area contributed by atoms with Gasteiger partial charge in [-0.1, -0.05) is 25.3 Å². The van der Waals surface area contributed by atoms with Gasteiger partial charge >= 0.3 is 0 Å². The lowest BCUT2D eigenvalue weighted by molar-refractivity contribution is 0.229. The van der Waals surface area contributed by atoms with Crippen LogP contribution in [0.15, 0.2) is 12.2 Å². The minimum Gasteiger partial charge on any atom is -0.317 e. The van der Waals surface area contributed by atoms with Crippen molar-refractivity contribution in [1.29, 1.82) is 0 Å². The molecule has 0 amide bonds. The van der Waals surface area contributed by atoms with Gasteiger partial charge in [-0.25, -0.2) is 0 Å². The summed E-state index contributed by atoms with van der Waals surface area (Å²) in [5.74, 6) is 1.87. The first-order chi connectivity index (χ1) is 7.13. The number of allylic oxidation sites excluding steroid dienone is 1. The molecule has 0 aliphatic heterocycles. The lowest BCUT2D eigenvalue weighted by Gasteiger charge is -2.32. The van der Waals surface area contributed by atoms with Crippen molar-refractivity contribution in [1.82, 2.24) is 5.32 Å². The standard InChI is InChI=1S/C14H27N/c1-11(2)5-10-14(15-4)13-8-6-12(3)7-9-13/h12-15H,1,5-10H2,2-4H3. The normalized spacial score (nSPS) is 28.7. The molecular weight excluding hydrogens is 182 g/mol. The van der Waals surface area contributed by atoms with Crippen LogP contribution in [-0.4, -0.2) is 13.1 Å². The van der Waals surface area contributed by atoms with E-state index >= 15 is 0 Å². The molecule has 0 spiro atoms. The average Bonchev–Trinajstić information content (AvgIpc) is 2.21. The molecule has 1 fully saturated rings. The van der Waals surface area contributed by atoms with Crippen molar-refractivity contribution in [3.8, 4) is 0 Å². The van der Waals surface area contributed by atoms with Crippen LogP contribution in [0.5, 0.6) is 0 Å². The van der Waals surface area contributed by atoms with Gasteiger partial charge in [0.1, 0.15) is 0 Å². The minimum absolute atomic E-state index is 0.717. The second-order valence-electron chi connectivity index (χ2n) is 5.41. The topological polar surface area (TPSA) is 12.0 Å². The molecular formula is C14H27N. The first kappa shape index (κ1) is 12.8. The van der Waals surface area contributed by atoms with Crippen LogP contribution in [-0.2, 0) is 0 Å². The Kier molecular flexibility index (Phi) is 5.38. The van der Waals surface area contributed by atoms with Gasteiger partial charge in [-0.05, 0) is 51.5 Å².